The second-order valence-corrected chi connectivity index (χ2v) is 4.50. The van der Waals surface area contributed by atoms with E-state index in [1.807, 2.05) is 0 Å². The highest BCUT2D eigenvalue weighted by Crippen LogP contribution is 2.07. The van der Waals surface area contributed by atoms with Crippen LogP contribution in [0, 0.1) is 0 Å². The zero-order chi connectivity index (χ0) is 15.2. The Balaban J connectivity index is 2.30. The molecule has 0 aliphatic rings. The van der Waals surface area contributed by atoms with Crippen LogP contribution in [-0.4, -0.2) is 46.7 Å². The summed E-state index contributed by atoms with van der Waals surface area (Å²) in [5.41, 5.74) is -1.55. The number of furan rings is 1. The molecule has 4 N–H and O–H groups in total. The van der Waals surface area contributed by atoms with Crippen molar-refractivity contribution in [3.63, 3.8) is 0 Å². The Morgan fingerprint density at radius 2 is 2.05 bits per heavy atom. The van der Waals surface area contributed by atoms with Crippen LogP contribution >= 0.6 is 0 Å². The third-order valence-electron chi connectivity index (χ3n) is 2.35. The van der Waals surface area contributed by atoms with Gasteiger partial charge in [0.15, 0.2) is 5.76 Å². The van der Waals surface area contributed by atoms with Gasteiger partial charge in [-0.2, -0.15) is 0 Å². The maximum absolute atomic E-state index is 11.4. The number of carboxylic acids is 1. The fourth-order valence-electron chi connectivity index (χ4n) is 1.40. The highest BCUT2D eigenvalue weighted by Gasteiger charge is 2.24. The second-order valence-electron chi connectivity index (χ2n) is 4.50. The van der Waals surface area contributed by atoms with Gasteiger partial charge in [-0.25, -0.2) is 0 Å². The average Bonchev–Trinajstić information content (AvgIpc) is 2.85. The first-order chi connectivity index (χ1) is 9.30. The number of amides is 2. The third kappa shape index (κ3) is 5.53. The van der Waals surface area contributed by atoms with E-state index in [1.54, 1.807) is 0 Å². The molecule has 0 fully saturated rings. The maximum atomic E-state index is 11.4. The molecule has 1 rings (SSSR count). The Labute approximate surface area is 114 Å². The number of hydrogen-bond acceptors (Lipinski definition) is 5. The summed E-state index contributed by atoms with van der Waals surface area (Å²) in [4.78, 5) is 33.3. The van der Waals surface area contributed by atoms with Crippen LogP contribution in [0.3, 0.4) is 0 Å². The molecule has 0 spiro atoms. The van der Waals surface area contributed by atoms with Crippen LogP contribution < -0.4 is 10.6 Å². The molecular formula is C12H16N2O6. The SMILES string of the molecule is CC(O)(CNC(=O)CNC(=O)c1ccco1)CC(=O)O. The lowest BCUT2D eigenvalue weighted by Crippen LogP contribution is -2.45. The van der Waals surface area contributed by atoms with E-state index in [0.29, 0.717) is 0 Å². The van der Waals surface area contributed by atoms with E-state index in [1.165, 1.54) is 25.3 Å². The highest BCUT2D eigenvalue weighted by atomic mass is 16.4. The molecule has 8 heteroatoms. The third-order valence-corrected chi connectivity index (χ3v) is 2.35. The van der Waals surface area contributed by atoms with Gasteiger partial charge in [0.05, 0.1) is 24.8 Å². The van der Waals surface area contributed by atoms with Crippen LogP contribution in [-0.2, 0) is 9.59 Å². The number of aliphatic carboxylic acids is 1. The summed E-state index contributed by atoms with van der Waals surface area (Å²) < 4.78 is 4.84. The smallest absolute Gasteiger partial charge is 0.306 e. The Morgan fingerprint density at radius 1 is 1.35 bits per heavy atom. The molecule has 2 amide bonds. The van der Waals surface area contributed by atoms with Crippen molar-refractivity contribution >= 4 is 17.8 Å². The minimum absolute atomic E-state index is 0.0793. The largest absolute Gasteiger partial charge is 0.481 e. The lowest BCUT2D eigenvalue weighted by atomic mass is 10.0. The molecule has 1 atom stereocenters. The van der Waals surface area contributed by atoms with Crippen LogP contribution in [0.1, 0.15) is 23.9 Å². The molecule has 8 nitrogen and oxygen atoms in total. The molecule has 0 saturated carbocycles. The molecular weight excluding hydrogens is 268 g/mol. The van der Waals surface area contributed by atoms with Crippen molar-refractivity contribution in [3.8, 4) is 0 Å². The van der Waals surface area contributed by atoms with Crippen LogP contribution in [0.15, 0.2) is 22.8 Å². The number of carboxylic acid groups (broad SMARTS) is 1. The summed E-state index contributed by atoms with van der Waals surface area (Å²) in [6.07, 6.45) is 0.837. The summed E-state index contributed by atoms with van der Waals surface area (Å²) in [7, 11) is 0. The van der Waals surface area contributed by atoms with Crippen LogP contribution in [0.25, 0.3) is 0 Å². The first-order valence-corrected chi connectivity index (χ1v) is 5.83. The summed E-state index contributed by atoms with van der Waals surface area (Å²) in [5.74, 6) is -2.18. The molecule has 1 aromatic rings. The lowest BCUT2D eigenvalue weighted by molar-refractivity contribution is -0.142. The first-order valence-electron chi connectivity index (χ1n) is 5.83. The normalized spacial score (nSPS) is 13.3. The van der Waals surface area contributed by atoms with Gasteiger partial charge in [-0.3, -0.25) is 14.4 Å². The van der Waals surface area contributed by atoms with Gasteiger partial charge in [0.1, 0.15) is 0 Å². The van der Waals surface area contributed by atoms with Gasteiger partial charge in [0.2, 0.25) is 5.91 Å². The minimum atomic E-state index is -1.55. The number of hydrogen-bond donors (Lipinski definition) is 4. The number of rotatable bonds is 7. The predicted octanol–water partition coefficient (Wildman–Crippen LogP) is -0.649. The van der Waals surface area contributed by atoms with Crippen LogP contribution in [0.4, 0.5) is 0 Å². The zero-order valence-electron chi connectivity index (χ0n) is 10.9. The highest BCUT2D eigenvalue weighted by molar-refractivity contribution is 5.94. The van der Waals surface area contributed by atoms with E-state index >= 15 is 0 Å². The maximum Gasteiger partial charge on any atom is 0.306 e. The van der Waals surface area contributed by atoms with Crippen molar-refractivity contribution in [2.24, 2.45) is 0 Å². The van der Waals surface area contributed by atoms with Crippen molar-refractivity contribution in [1.82, 2.24) is 10.6 Å². The van der Waals surface area contributed by atoms with E-state index in [0.717, 1.165) is 0 Å². The zero-order valence-corrected chi connectivity index (χ0v) is 10.9. The van der Waals surface area contributed by atoms with Gasteiger partial charge in [-0.05, 0) is 19.1 Å². The van der Waals surface area contributed by atoms with Crippen molar-refractivity contribution in [2.75, 3.05) is 13.1 Å². The van der Waals surface area contributed by atoms with Crippen molar-refractivity contribution < 1.29 is 29.0 Å². The molecule has 0 aliphatic carbocycles. The summed E-state index contributed by atoms with van der Waals surface area (Å²) in [6, 6.07) is 2.99. The Hall–Kier alpha value is -2.35. The van der Waals surface area contributed by atoms with E-state index in [2.05, 4.69) is 10.6 Å². The van der Waals surface area contributed by atoms with Crippen LogP contribution in [0.5, 0.6) is 0 Å². The Morgan fingerprint density at radius 3 is 2.60 bits per heavy atom. The molecule has 110 valence electrons. The Bertz CT molecular complexity index is 480. The standard InChI is InChI=1S/C12H16N2O6/c1-12(19,5-10(16)17)7-14-9(15)6-13-11(18)8-3-2-4-20-8/h2-4,19H,5-7H2,1H3,(H,13,18)(H,14,15)(H,16,17). The molecule has 1 unspecified atom stereocenters. The van der Waals surface area contributed by atoms with E-state index < -0.39 is 29.8 Å². The summed E-state index contributed by atoms with van der Waals surface area (Å²) in [5, 5.41) is 22.9. The fraction of sp³-hybridized carbons (Fsp3) is 0.417. The number of aliphatic hydroxyl groups is 1. The van der Waals surface area contributed by atoms with Gasteiger partial charge in [0, 0.05) is 6.54 Å². The number of nitrogens with one attached hydrogen (secondary N) is 2. The first kappa shape index (κ1) is 15.7. The molecule has 0 saturated heterocycles. The number of carbonyl (C=O) groups excluding carboxylic acids is 2. The molecule has 0 bridgehead atoms. The molecule has 1 aromatic heterocycles. The quantitative estimate of drug-likeness (QED) is 0.526. The number of carbonyl (C=O) groups is 3. The molecule has 20 heavy (non-hydrogen) atoms. The van der Waals surface area contributed by atoms with Gasteiger partial charge in [-0.15, -0.1) is 0 Å². The van der Waals surface area contributed by atoms with E-state index in [4.69, 9.17) is 9.52 Å². The van der Waals surface area contributed by atoms with E-state index in [-0.39, 0.29) is 18.8 Å². The topological polar surface area (TPSA) is 129 Å². The predicted molar refractivity (Wildman–Crippen MR) is 66.9 cm³/mol. The van der Waals surface area contributed by atoms with Gasteiger partial charge in [0.25, 0.3) is 5.91 Å². The molecule has 0 aromatic carbocycles. The van der Waals surface area contributed by atoms with Crippen molar-refractivity contribution in [2.45, 2.75) is 18.9 Å². The molecule has 1 heterocycles. The Kier molecular flexibility index (Phi) is 5.27. The average molecular weight is 284 g/mol. The second kappa shape index (κ2) is 6.71. The van der Waals surface area contributed by atoms with E-state index in [9.17, 15) is 19.5 Å². The summed E-state index contributed by atoms with van der Waals surface area (Å²) in [6.45, 7) is 0.764. The van der Waals surface area contributed by atoms with Gasteiger partial charge >= 0.3 is 5.97 Å². The van der Waals surface area contributed by atoms with Crippen molar-refractivity contribution in [1.29, 1.82) is 0 Å². The van der Waals surface area contributed by atoms with Gasteiger partial charge < -0.3 is 25.3 Å². The summed E-state index contributed by atoms with van der Waals surface area (Å²) >= 11 is 0. The van der Waals surface area contributed by atoms with Crippen LogP contribution in [0.2, 0.25) is 0 Å². The lowest BCUT2D eigenvalue weighted by Gasteiger charge is -2.21. The molecule has 0 aliphatic heterocycles. The minimum Gasteiger partial charge on any atom is -0.481 e. The van der Waals surface area contributed by atoms with Crippen molar-refractivity contribution in [3.05, 3.63) is 24.2 Å². The van der Waals surface area contributed by atoms with Gasteiger partial charge in [-0.1, -0.05) is 0 Å². The molecule has 0 radical (unpaired) electrons. The monoisotopic (exact) mass is 284 g/mol. The fourth-order valence-corrected chi connectivity index (χ4v) is 1.40.